The average Bonchev–Trinajstić information content (AvgIpc) is 3.35. The third kappa shape index (κ3) is 11.3. The van der Waals surface area contributed by atoms with Crippen molar-refractivity contribution < 1.29 is 49.0 Å². The van der Waals surface area contributed by atoms with Gasteiger partial charge in [-0.15, -0.1) is 16.7 Å². The molecule has 0 bridgehead atoms. The van der Waals surface area contributed by atoms with Crippen molar-refractivity contribution in [2.24, 2.45) is 0 Å². The Labute approximate surface area is 281 Å². The summed E-state index contributed by atoms with van der Waals surface area (Å²) in [5.41, 5.74) is 14.9. The van der Waals surface area contributed by atoms with Crippen LogP contribution in [-0.2, 0) is 53.3 Å². The van der Waals surface area contributed by atoms with Gasteiger partial charge in [-0.25, -0.2) is 6.07 Å². The van der Waals surface area contributed by atoms with Gasteiger partial charge in [0.05, 0.1) is 0 Å². The number of halogens is 2. The van der Waals surface area contributed by atoms with Gasteiger partial charge in [0.25, 0.3) is 0 Å². The molecule has 226 valence electrons. The fourth-order valence-corrected chi connectivity index (χ4v) is 5.43. The minimum atomic E-state index is 0. The van der Waals surface area contributed by atoms with Gasteiger partial charge in [0.1, 0.15) is 0 Å². The van der Waals surface area contributed by atoms with Crippen LogP contribution in [-0.4, -0.2) is 3.21 Å². The Bertz CT molecular complexity index is 1220. The maximum absolute atomic E-state index is 3.69. The molecule has 0 saturated carbocycles. The summed E-state index contributed by atoms with van der Waals surface area (Å²) in [4.78, 5) is 0. The summed E-state index contributed by atoms with van der Waals surface area (Å²) in [7, 11) is 0. The quantitative estimate of drug-likeness (QED) is 0.272. The van der Waals surface area contributed by atoms with E-state index in [2.05, 4.69) is 139 Å². The number of fused-ring (bicyclic) bond motifs is 3. The van der Waals surface area contributed by atoms with Crippen molar-refractivity contribution in [1.29, 1.82) is 0 Å². The molecule has 0 atom stereocenters. The predicted molar refractivity (Wildman–Crippen MR) is 171 cm³/mol. The van der Waals surface area contributed by atoms with Crippen LogP contribution in [0.25, 0.3) is 11.1 Å². The summed E-state index contributed by atoms with van der Waals surface area (Å²) < 4.78 is 1.51. The molecule has 0 amide bonds. The van der Waals surface area contributed by atoms with Gasteiger partial charge in [0.15, 0.2) is 0 Å². The Balaban J connectivity index is 0.000000754. The van der Waals surface area contributed by atoms with Gasteiger partial charge in [-0.3, -0.25) is 0 Å². The zero-order valence-corrected chi connectivity index (χ0v) is 32.3. The van der Waals surface area contributed by atoms with Crippen molar-refractivity contribution in [3.63, 3.8) is 0 Å². The van der Waals surface area contributed by atoms with Crippen molar-refractivity contribution in [2.75, 3.05) is 0 Å². The Hall–Kier alpha value is -0.877. The first-order valence-electron chi connectivity index (χ1n) is 14.7. The number of hydrogen-bond acceptors (Lipinski definition) is 0. The minimum absolute atomic E-state index is 0. The van der Waals surface area contributed by atoms with E-state index in [1.807, 2.05) is 0 Å². The van der Waals surface area contributed by atoms with Crippen LogP contribution in [0.2, 0.25) is 0 Å². The molecule has 0 aliphatic heterocycles. The first-order chi connectivity index (χ1) is 17.8. The second-order valence-electron chi connectivity index (χ2n) is 14.7. The fourth-order valence-electron chi connectivity index (χ4n) is 5.43. The molecule has 0 nitrogen and oxygen atoms in total. The largest absolute Gasteiger partial charge is 1.00 e. The molecule has 0 saturated heterocycles. The van der Waals surface area contributed by atoms with Crippen LogP contribution < -0.4 is 24.8 Å². The normalized spacial score (nSPS) is 12.0. The second kappa shape index (κ2) is 15.7. The maximum atomic E-state index is 3.69. The maximum Gasteiger partial charge on any atom is -0.0129 e. The van der Waals surface area contributed by atoms with Gasteiger partial charge >= 0.3 is 41.3 Å². The molecule has 3 heteroatoms. The Kier molecular flexibility index (Phi) is 15.4. The van der Waals surface area contributed by atoms with Gasteiger partial charge in [0.2, 0.25) is 0 Å². The molecule has 1 aliphatic carbocycles. The molecular weight excluding hydrogens is 619 g/mol. The van der Waals surface area contributed by atoms with E-state index in [1.54, 1.807) is 24.2 Å². The van der Waals surface area contributed by atoms with Crippen LogP contribution in [0.5, 0.6) is 0 Å². The molecule has 0 heterocycles. The van der Waals surface area contributed by atoms with Crippen LogP contribution >= 0.6 is 0 Å². The third-order valence-electron chi connectivity index (χ3n) is 7.30. The number of rotatable bonds is 2. The molecule has 41 heavy (non-hydrogen) atoms. The predicted octanol–water partition coefficient (Wildman–Crippen LogP) is 4.68. The molecule has 4 rings (SSSR count). The SMILES string of the molecule is CCCc1cc(C(C)(C)C)c[cH-]1.C[C](C)=[Zr+2].Cc1[c-]c2c(cc1C(C)(C)C)-c1cc(C(C)(C)C)c(C)cc1C2.[Cl-].[Cl-]. The minimum Gasteiger partial charge on any atom is -1.00 e. The van der Waals surface area contributed by atoms with Gasteiger partial charge in [-0.1, -0.05) is 118 Å². The number of aryl methyl sites for hydroxylation is 3. The van der Waals surface area contributed by atoms with E-state index >= 15 is 0 Å². The molecule has 1 aliphatic rings. The molecule has 0 spiro atoms. The second-order valence-corrected chi connectivity index (χ2v) is 17.2. The number of benzene rings is 2. The van der Waals surface area contributed by atoms with Crippen molar-refractivity contribution in [1.82, 2.24) is 0 Å². The summed E-state index contributed by atoms with van der Waals surface area (Å²) in [6, 6.07) is 17.8. The van der Waals surface area contributed by atoms with Gasteiger partial charge in [0, 0.05) is 0 Å². The number of hydrogen-bond donors (Lipinski definition) is 0. The molecular formula is C38H54Cl2Zr-2. The third-order valence-corrected chi connectivity index (χ3v) is 7.30. The first-order valence-corrected chi connectivity index (χ1v) is 16.0. The molecule has 0 fully saturated rings. The smallest absolute Gasteiger partial charge is 0.0129 e. The molecule has 3 aromatic carbocycles. The Morgan fingerprint density at radius 3 is 1.76 bits per heavy atom. The van der Waals surface area contributed by atoms with Gasteiger partial charge in [-0.2, -0.15) is 41.0 Å². The summed E-state index contributed by atoms with van der Waals surface area (Å²) in [6.45, 7) is 31.5. The van der Waals surface area contributed by atoms with Crippen LogP contribution in [0, 0.1) is 19.9 Å². The van der Waals surface area contributed by atoms with Crippen LogP contribution in [0.1, 0.15) is 134 Å². The van der Waals surface area contributed by atoms with Crippen molar-refractivity contribution in [3.05, 3.63) is 87.0 Å². The van der Waals surface area contributed by atoms with Gasteiger partial charge in [-0.05, 0) is 35.4 Å². The van der Waals surface area contributed by atoms with E-state index < -0.39 is 0 Å². The van der Waals surface area contributed by atoms with Crippen molar-refractivity contribution in [2.45, 2.75) is 132 Å². The van der Waals surface area contributed by atoms with E-state index in [9.17, 15) is 0 Å². The van der Waals surface area contributed by atoms with Crippen LogP contribution in [0.15, 0.2) is 36.4 Å². The van der Waals surface area contributed by atoms with Crippen molar-refractivity contribution in [3.8, 4) is 11.1 Å². The topological polar surface area (TPSA) is 0 Å². The monoisotopic (exact) mass is 670 g/mol. The van der Waals surface area contributed by atoms with Crippen molar-refractivity contribution >= 4 is 3.21 Å². The summed E-state index contributed by atoms with van der Waals surface area (Å²) in [5, 5.41) is 0. The fraction of sp³-hybridized carbons (Fsp3) is 0.526. The van der Waals surface area contributed by atoms with Crippen LogP contribution in [0.4, 0.5) is 0 Å². The first kappa shape index (κ1) is 40.1. The van der Waals surface area contributed by atoms with E-state index in [0.29, 0.717) is 5.41 Å². The molecule has 3 aromatic rings. The zero-order valence-electron chi connectivity index (χ0n) is 28.3. The average molecular weight is 673 g/mol. The Morgan fingerprint density at radius 2 is 1.32 bits per heavy atom. The van der Waals surface area contributed by atoms with E-state index in [1.165, 1.54) is 71.7 Å². The van der Waals surface area contributed by atoms with E-state index in [-0.39, 0.29) is 35.6 Å². The van der Waals surface area contributed by atoms with E-state index in [0.717, 1.165) is 6.42 Å². The van der Waals surface area contributed by atoms with Crippen LogP contribution in [0.3, 0.4) is 0 Å². The molecule has 0 unspecified atom stereocenters. The summed E-state index contributed by atoms with van der Waals surface area (Å²) in [5.74, 6) is 0. The molecule has 0 radical (unpaired) electrons. The Morgan fingerprint density at radius 1 is 0.805 bits per heavy atom. The summed E-state index contributed by atoms with van der Waals surface area (Å²) in [6.07, 6.45) is 3.49. The molecule has 0 N–H and O–H groups in total. The van der Waals surface area contributed by atoms with E-state index in [4.69, 9.17) is 0 Å². The standard InChI is InChI=1S/C23H29.C12H19.C3H6.2ClH.Zr/c1-14-9-16-11-17-10-15(2)21(23(6,7)8)13-19(17)18(16)12-20(14)22(3,4)5;1-5-6-10-7-8-11(9-10)12(2,3)4;1-3-2;;;/h9,12-13H,11H2,1-8H3;7-9H,5-6H2,1-4H3;1-2H3;2*1H;/q2*-1;;;;+2/p-2. The zero-order chi connectivity index (χ0) is 29.9. The van der Waals surface area contributed by atoms with Gasteiger partial charge < -0.3 is 24.8 Å². The summed E-state index contributed by atoms with van der Waals surface area (Å²) >= 11 is 1.55. The molecule has 0 aromatic heterocycles.